The van der Waals surface area contributed by atoms with E-state index in [1.807, 2.05) is 85.8 Å². The summed E-state index contributed by atoms with van der Waals surface area (Å²) in [5, 5.41) is 16.6. The molecule has 3 fully saturated rings. The molecule has 3 aliphatic heterocycles. The van der Waals surface area contributed by atoms with E-state index in [0.29, 0.717) is 30.5 Å². The number of benzene rings is 3. The van der Waals surface area contributed by atoms with Gasteiger partial charge in [0.1, 0.15) is 11.6 Å². The molecule has 0 aliphatic carbocycles. The summed E-state index contributed by atoms with van der Waals surface area (Å²) in [6.07, 6.45) is 1.57. The molecule has 2 unspecified atom stereocenters. The molecule has 3 amide bonds. The maximum atomic E-state index is 14.5. The van der Waals surface area contributed by atoms with E-state index < -0.39 is 35.1 Å². The monoisotopic (exact) mass is 553 g/mol. The first-order chi connectivity index (χ1) is 19.9. The van der Waals surface area contributed by atoms with Crippen LogP contribution in [0.4, 0.5) is 5.69 Å². The van der Waals surface area contributed by atoms with Crippen molar-refractivity contribution in [3.8, 4) is 0 Å². The van der Waals surface area contributed by atoms with Crippen LogP contribution in [0.1, 0.15) is 43.4 Å². The molecular weight excluding hydrogens is 518 g/mol. The number of likely N-dealkylation sites (tertiary alicyclic amines) is 1. The molecule has 3 aromatic rings. The van der Waals surface area contributed by atoms with Crippen LogP contribution in [-0.2, 0) is 25.7 Å². The fourth-order valence-electron chi connectivity index (χ4n) is 7.34. The SMILES string of the molecule is CC[C@@]12CCC3(O1)C(C(=O)NCc1ccccc1)N([C@H](CO)c1ccccc1)C(=O)[C@@H]3[C@@H]2C(=O)Nc1ccccc1. The Hall–Kier alpha value is -4.01. The Morgan fingerprint density at radius 3 is 2.22 bits per heavy atom. The Balaban J connectivity index is 1.41. The fraction of sp³-hybridized carbons (Fsp3) is 0.364. The number of carbonyl (C=O) groups excluding carboxylic acids is 3. The molecule has 0 radical (unpaired) electrons. The van der Waals surface area contributed by atoms with Gasteiger partial charge < -0.3 is 25.4 Å². The minimum Gasteiger partial charge on any atom is -0.394 e. The lowest BCUT2D eigenvalue weighted by atomic mass is 9.65. The molecule has 6 rings (SSSR count). The maximum Gasteiger partial charge on any atom is 0.246 e. The average molecular weight is 554 g/mol. The summed E-state index contributed by atoms with van der Waals surface area (Å²) in [5.41, 5.74) is 0.233. The van der Waals surface area contributed by atoms with Crippen molar-refractivity contribution in [2.45, 2.75) is 56.0 Å². The van der Waals surface area contributed by atoms with Crippen molar-refractivity contribution in [1.29, 1.82) is 0 Å². The second kappa shape index (κ2) is 10.8. The highest BCUT2D eigenvalue weighted by molar-refractivity contribution is 6.02. The Morgan fingerprint density at radius 2 is 1.59 bits per heavy atom. The lowest BCUT2D eigenvalue weighted by molar-refractivity contribution is -0.150. The van der Waals surface area contributed by atoms with Crippen LogP contribution in [-0.4, -0.2) is 51.6 Å². The molecule has 1 spiro atoms. The second-order valence-corrected chi connectivity index (χ2v) is 11.2. The maximum absolute atomic E-state index is 14.5. The number of nitrogens with one attached hydrogen (secondary N) is 2. The molecule has 41 heavy (non-hydrogen) atoms. The van der Waals surface area contributed by atoms with Crippen LogP contribution in [0.5, 0.6) is 0 Å². The van der Waals surface area contributed by atoms with Crippen molar-refractivity contribution < 1.29 is 24.2 Å². The summed E-state index contributed by atoms with van der Waals surface area (Å²) in [7, 11) is 0. The molecule has 2 bridgehead atoms. The van der Waals surface area contributed by atoms with Crippen molar-refractivity contribution in [3.05, 3.63) is 102 Å². The van der Waals surface area contributed by atoms with Gasteiger partial charge in [-0.2, -0.15) is 0 Å². The average Bonchev–Trinajstić information content (AvgIpc) is 3.62. The van der Waals surface area contributed by atoms with Crippen LogP contribution in [0.25, 0.3) is 0 Å². The van der Waals surface area contributed by atoms with Crippen LogP contribution >= 0.6 is 0 Å². The normalized spacial score (nSPS) is 28.8. The Kier molecular flexibility index (Phi) is 7.13. The number of ether oxygens (including phenoxy) is 1. The van der Waals surface area contributed by atoms with Gasteiger partial charge in [0.05, 0.1) is 30.1 Å². The lowest BCUT2D eigenvalue weighted by Gasteiger charge is -2.37. The number of hydrogen-bond acceptors (Lipinski definition) is 5. The van der Waals surface area contributed by atoms with E-state index in [9.17, 15) is 19.5 Å². The smallest absolute Gasteiger partial charge is 0.246 e. The zero-order chi connectivity index (χ0) is 28.6. The van der Waals surface area contributed by atoms with Gasteiger partial charge in [-0.1, -0.05) is 85.8 Å². The summed E-state index contributed by atoms with van der Waals surface area (Å²) >= 11 is 0. The molecule has 3 aliphatic rings. The lowest BCUT2D eigenvalue weighted by Crippen LogP contribution is -2.56. The fourth-order valence-corrected chi connectivity index (χ4v) is 7.34. The van der Waals surface area contributed by atoms with E-state index in [1.54, 1.807) is 12.1 Å². The summed E-state index contributed by atoms with van der Waals surface area (Å²) in [4.78, 5) is 44.1. The predicted molar refractivity (Wildman–Crippen MR) is 153 cm³/mol. The molecule has 8 heteroatoms. The molecule has 0 aromatic heterocycles. The highest BCUT2D eigenvalue weighted by atomic mass is 16.5. The molecule has 8 nitrogen and oxygen atoms in total. The third kappa shape index (κ3) is 4.42. The van der Waals surface area contributed by atoms with Crippen molar-refractivity contribution in [3.63, 3.8) is 0 Å². The second-order valence-electron chi connectivity index (χ2n) is 11.2. The quantitative estimate of drug-likeness (QED) is 0.373. The Morgan fingerprint density at radius 1 is 0.951 bits per heavy atom. The topological polar surface area (TPSA) is 108 Å². The minimum atomic E-state index is -1.19. The van der Waals surface area contributed by atoms with Crippen LogP contribution in [0.15, 0.2) is 91.0 Å². The van der Waals surface area contributed by atoms with E-state index in [2.05, 4.69) is 10.6 Å². The zero-order valence-corrected chi connectivity index (χ0v) is 23.0. The van der Waals surface area contributed by atoms with E-state index in [1.165, 1.54) is 4.90 Å². The van der Waals surface area contributed by atoms with Gasteiger partial charge in [-0.25, -0.2) is 0 Å². The third-order valence-corrected chi connectivity index (χ3v) is 9.19. The van der Waals surface area contributed by atoms with E-state index in [4.69, 9.17) is 4.74 Å². The van der Waals surface area contributed by atoms with Gasteiger partial charge in [-0.05, 0) is 42.5 Å². The Labute approximate surface area is 239 Å². The first-order valence-corrected chi connectivity index (χ1v) is 14.3. The Bertz CT molecular complexity index is 1420. The number of rotatable bonds is 9. The van der Waals surface area contributed by atoms with Crippen molar-refractivity contribution in [2.24, 2.45) is 11.8 Å². The molecule has 212 valence electrons. The molecular formula is C33H35N3O5. The first-order valence-electron chi connectivity index (χ1n) is 14.3. The molecule has 3 saturated heterocycles. The van der Waals surface area contributed by atoms with Gasteiger partial charge in [0.25, 0.3) is 0 Å². The summed E-state index contributed by atoms with van der Waals surface area (Å²) < 4.78 is 6.84. The van der Waals surface area contributed by atoms with Gasteiger partial charge in [0.15, 0.2) is 0 Å². The van der Waals surface area contributed by atoms with Crippen molar-refractivity contribution in [2.75, 3.05) is 11.9 Å². The van der Waals surface area contributed by atoms with Gasteiger partial charge in [-0.3, -0.25) is 14.4 Å². The molecule has 3 N–H and O–H groups in total. The van der Waals surface area contributed by atoms with Crippen LogP contribution in [0.3, 0.4) is 0 Å². The van der Waals surface area contributed by atoms with Gasteiger partial charge in [0, 0.05) is 12.2 Å². The zero-order valence-electron chi connectivity index (χ0n) is 23.0. The largest absolute Gasteiger partial charge is 0.394 e. The summed E-state index contributed by atoms with van der Waals surface area (Å²) in [6.45, 7) is 1.88. The summed E-state index contributed by atoms with van der Waals surface area (Å²) in [6, 6.07) is 26.2. The van der Waals surface area contributed by atoms with E-state index in [-0.39, 0.29) is 30.9 Å². The van der Waals surface area contributed by atoms with E-state index in [0.717, 1.165) is 5.56 Å². The number of anilines is 1. The highest BCUT2D eigenvalue weighted by Gasteiger charge is 2.79. The number of nitrogens with zero attached hydrogens (tertiary/aromatic N) is 1. The van der Waals surface area contributed by atoms with Gasteiger partial charge >= 0.3 is 0 Å². The molecule has 0 saturated carbocycles. The number of para-hydroxylation sites is 1. The molecule has 6 atom stereocenters. The number of carbonyl (C=O) groups is 3. The number of fused-ring (bicyclic) bond motifs is 1. The highest BCUT2D eigenvalue weighted by Crippen LogP contribution is 2.65. The predicted octanol–water partition coefficient (Wildman–Crippen LogP) is 3.83. The standard InChI is InChI=1S/C33H35N3O5/c1-2-32-18-19-33(41-32)27(26(32)29(38)35-24-16-10-5-11-17-24)31(40)36(25(21-37)23-14-8-4-9-15-23)28(33)30(39)34-20-22-12-6-3-7-13-22/h3-17,25-28,37H,2,18-21H2,1H3,(H,34,39)(H,35,38)/t25-,26-,27+,28?,32+,33?/m1/s1. The van der Waals surface area contributed by atoms with Crippen LogP contribution in [0.2, 0.25) is 0 Å². The summed E-state index contributed by atoms with van der Waals surface area (Å²) in [5.74, 6) is -2.61. The molecule has 3 aromatic carbocycles. The number of amides is 3. The number of aliphatic hydroxyl groups is 1. The number of hydrogen-bond donors (Lipinski definition) is 3. The van der Waals surface area contributed by atoms with Crippen molar-refractivity contribution in [1.82, 2.24) is 10.2 Å². The van der Waals surface area contributed by atoms with Gasteiger partial charge in [-0.15, -0.1) is 0 Å². The van der Waals surface area contributed by atoms with Crippen LogP contribution < -0.4 is 10.6 Å². The minimum absolute atomic E-state index is 0.283. The van der Waals surface area contributed by atoms with Gasteiger partial charge in [0.2, 0.25) is 17.7 Å². The van der Waals surface area contributed by atoms with Crippen molar-refractivity contribution >= 4 is 23.4 Å². The molecule has 3 heterocycles. The van der Waals surface area contributed by atoms with E-state index >= 15 is 0 Å². The third-order valence-electron chi connectivity index (χ3n) is 9.19. The van der Waals surface area contributed by atoms with Crippen LogP contribution in [0, 0.1) is 11.8 Å². The first kappa shape index (κ1) is 27.2. The number of aliphatic hydroxyl groups excluding tert-OH is 1.